The van der Waals surface area contributed by atoms with E-state index in [4.69, 9.17) is 9.79 Å². The summed E-state index contributed by atoms with van der Waals surface area (Å²) in [5, 5.41) is 0. The molecule has 0 fully saturated rings. The lowest BCUT2D eigenvalue weighted by molar-refractivity contribution is 0.375. The molecule has 0 rings (SSSR count). The lowest BCUT2D eigenvalue weighted by atomic mass is 10.6. The van der Waals surface area contributed by atoms with Gasteiger partial charge >= 0.3 is 7.60 Å². The minimum absolute atomic E-state index is 0.0625. The van der Waals surface area contributed by atoms with Crippen LogP contribution in [-0.4, -0.2) is 15.9 Å². The smallest absolute Gasteiger partial charge is 0.324 e. The summed E-state index contributed by atoms with van der Waals surface area (Å²) in [7, 11) is -3.65. The molecule has 0 saturated carbocycles. The Morgan fingerprint density at radius 2 is 1.33 bits per heavy atom. The van der Waals surface area contributed by atoms with Gasteiger partial charge in [-0.05, 0) is 0 Å². The molecular formula is C5H15O3P. The van der Waals surface area contributed by atoms with E-state index in [0.29, 0.717) is 0 Å². The fraction of sp³-hybridized carbons (Fsp3) is 1.00. The Morgan fingerprint density at radius 3 is 1.33 bits per heavy atom. The van der Waals surface area contributed by atoms with Crippen LogP contribution in [0.15, 0.2) is 0 Å². The van der Waals surface area contributed by atoms with Crippen LogP contribution in [0.4, 0.5) is 0 Å². The van der Waals surface area contributed by atoms with Gasteiger partial charge in [0.15, 0.2) is 0 Å². The first-order valence-electron chi connectivity index (χ1n) is 3.02. The molecule has 0 aromatic rings. The van der Waals surface area contributed by atoms with E-state index in [1.807, 2.05) is 0 Å². The van der Waals surface area contributed by atoms with Crippen molar-refractivity contribution in [3.63, 3.8) is 0 Å². The lowest BCUT2D eigenvalue weighted by Gasteiger charge is -1.92. The molecule has 0 aromatic heterocycles. The van der Waals surface area contributed by atoms with Crippen molar-refractivity contribution in [3.05, 3.63) is 0 Å². The molecule has 0 saturated heterocycles. The summed E-state index contributed by atoms with van der Waals surface area (Å²) >= 11 is 0. The highest BCUT2D eigenvalue weighted by atomic mass is 31.2. The van der Waals surface area contributed by atoms with Crippen molar-refractivity contribution in [1.82, 2.24) is 0 Å². The monoisotopic (exact) mass is 154 g/mol. The van der Waals surface area contributed by atoms with Gasteiger partial charge < -0.3 is 9.79 Å². The molecule has 0 atom stereocenters. The van der Waals surface area contributed by atoms with Gasteiger partial charge in [-0.3, -0.25) is 4.57 Å². The molecule has 0 aliphatic rings. The summed E-state index contributed by atoms with van der Waals surface area (Å²) in [6, 6.07) is 0. The zero-order valence-corrected chi connectivity index (χ0v) is 7.06. The van der Waals surface area contributed by atoms with E-state index >= 15 is 0 Å². The molecule has 2 N–H and O–H groups in total. The number of hydrogen-bond acceptors (Lipinski definition) is 1. The Kier molecular flexibility index (Phi) is 8.29. The Labute approximate surface area is 56.3 Å². The molecular weight excluding hydrogens is 139 g/mol. The molecule has 0 heterocycles. The van der Waals surface area contributed by atoms with Crippen molar-refractivity contribution in [2.45, 2.75) is 27.2 Å². The second-order valence-electron chi connectivity index (χ2n) is 1.69. The fourth-order valence-corrected chi connectivity index (χ4v) is 0. The minimum Gasteiger partial charge on any atom is -0.324 e. The molecule has 3 nitrogen and oxygen atoms in total. The second-order valence-corrected chi connectivity index (χ2v) is 3.65. The fourth-order valence-electron chi connectivity index (χ4n) is 0. The molecule has 0 bridgehead atoms. The number of hydrogen-bond donors (Lipinski definition) is 2. The molecule has 9 heavy (non-hydrogen) atoms. The number of rotatable bonds is 1. The molecule has 0 radical (unpaired) electrons. The highest BCUT2D eigenvalue weighted by molar-refractivity contribution is 7.51. The average molecular weight is 154 g/mol. The van der Waals surface area contributed by atoms with Crippen LogP contribution in [-0.2, 0) is 4.57 Å². The Balaban J connectivity index is 0. The zero-order valence-electron chi connectivity index (χ0n) is 6.16. The third-order valence-electron chi connectivity index (χ3n) is 0.412. The van der Waals surface area contributed by atoms with Gasteiger partial charge in [-0.25, -0.2) is 0 Å². The Morgan fingerprint density at radius 1 is 1.22 bits per heavy atom. The normalized spacial score (nSPS) is 9.89. The maximum Gasteiger partial charge on any atom is 0.325 e. The van der Waals surface area contributed by atoms with E-state index in [-0.39, 0.29) is 6.16 Å². The summed E-state index contributed by atoms with van der Waals surface area (Å²) in [6.45, 7) is 5.70. The van der Waals surface area contributed by atoms with Crippen LogP contribution in [0.25, 0.3) is 0 Å². The average Bonchev–Trinajstić information content (AvgIpc) is 1.67. The molecule has 0 unspecified atom stereocenters. The van der Waals surface area contributed by atoms with E-state index in [2.05, 4.69) is 13.8 Å². The Hall–Kier alpha value is 0.150. The van der Waals surface area contributed by atoms with Gasteiger partial charge in [0.05, 0.1) is 0 Å². The third-order valence-corrected chi connectivity index (χ3v) is 1.24. The van der Waals surface area contributed by atoms with Gasteiger partial charge in [0, 0.05) is 6.16 Å². The lowest BCUT2D eigenvalue weighted by Crippen LogP contribution is -1.76. The van der Waals surface area contributed by atoms with E-state index in [1.165, 1.54) is 13.3 Å². The van der Waals surface area contributed by atoms with Crippen molar-refractivity contribution in [2.24, 2.45) is 0 Å². The van der Waals surface area contributed by atoms with Gasteiger partial charge in [0.2, 0.25) is 0 Å². The standard InChI is InChI=1S/C3H8.C2H7O3P/c1-3-2;1-2-6(3,4)5/h3H2,1-2H3;2H2,1H3,(H2,3,4,5). The first kappa shape index (κ1) is 11.9. The molecule has 58 valence electrons. The van der Waals surface area contributed by atoms with Gasteiger partial charge in [-0.15, -0.1) is 0 Å². The maximum absolute atomic E-state index is 9.69. The first-order chi connectivity index (χ1) is 3.97. The van der Waals surface area contributed by atoms with Crippen LogP contribution in [0.1, 0.15) is 27.2 Å². The van der Waals surface area contributed by atoms with Crippen molar-refractivity contribution in [3.8, 4) is 0 Å². The second kappa shape index (κ2) is 6.27. The first-order valence-corrected chi connectivity index (χ1v) is 4.82. The topological polar surface area (TPSA) is 57.5 Å². The highest BCUT2D eigenvalue weighted by Crippen LogP contribution is 2.32. The molecule has 0 spiro atoms. The summed E-state index contributed by atoms with van der Waals surface area (Å²) in [5.41, 5.74) is 0. The van der Waals surface area contributed by atoms with Crippen molar-refractivity contribution >= 4 is 7.60 Å². The largest absolute Gasteiger partial charge is 0.325 e. The predicted octanol–water partition coefficient (Wildman–Crippen LogP) is 1.60. The van der Waals surface area contributed by atoms with Crippen molar-refractivity contribution < 1.29 is 14.4 Å². The highest BCUT2D eigenvalue weighted by Gasteiger charge is 2.05. The summed E-state index contributed by atoms with van der Waals surface area (Å²) in [5.74, 6) is 0. The summed E-state index contributed by atoms with van der Waals surface area (Å²) in [6.07, 6.45) is 1.19. The SMILES string of the molecule is CCC.CCP(=O)(O)O. The quantitative estimate of drug-likeness (QED) is 0.564. The molecule has 0 aliphatic carbocycles. The molecule has 0 amide bonds. The van der Waals surface area contributed by atoms with E-state index in [9.17, 15) is 4.57 Å². The molecule has 0 aromatic carbocycles. The van der Waals surface area contributed by atoms with E-state index in [0.717, 1.165) is 0 Å². The van der Waals surface area contributed by atoms with Gasteiger partial charge in [0.25, 0.3) is 0 Å². The van der Waals surface area contributed by atoms with E-state index < -0.39 is 7.60 Å². The molecule has 4 heteroatoms. The van der Waals surface area contributed by atoms with Crippen LogP contribution in [0.2, 0.25) is 0 Å². The predicted molar refractivity (Wildman–Crippen MR) is 38.6 cm³/mol. The van der Waals surface area contributed by atoms with Crippen LogP contribution >= 0.6 is 7.60 Å². The van der Waals surface area contributed by atoms with Crippen LogP contribution in [0, 0.1) is 0 Å². The summed E-state index contributed by atoms with van der Waals surface area (Å²) in [4.78, 5) is 15.9. The van der Waals surface area contributed by atoms with Gasteiger partial charge in [0.1, 0.15) is 0 Å². The van der Waals surface area contributed by atoms with Gasteiger partial charge in [-0.2, -0.15) is 0 Å². The van der Waals surface area contributed by atoms with E-state index in [1.54, 1.807) is 0 Å². The molecule has 0 aliphatic heterocycles. The van der Waals surface area contributed by atoms with Gasteiger partial charge in [-0.1, -0.05) is 27.2 Å². The maximum atomic E-state index is 9.69. The van der Waals surface area contributed by atoms with Crippen LogP contribution < -0.4 is 0 Å². The summed E-state index contributed by atoms with van der Waals surface area (Å²) < 4.78 is 9.69. The van der Waals surface area contributed by atoms with Crippen molar-refractivity contribution in [1.29, 1.82) is 0 Å². The minimum atomic E-state index is -3.65. The third kappa shape index (κ3) is 31.1. The van der Waals surface area contributed by atoms with Crippen molar-refractivity contribution in [2.75, 3.05) is 6.16 Å². The Bertz CT molecular complexity index is 86.2. The van der Waals surface area contributed by atoms with Crippen LogP contribution in [0.5, 0.6) is 0 Å². The zero-order chi connectivity index (χ0) is 7.91. The van der Waals surface area contributed by atoms with Crippen LogP contribution in [0.3, 0.4) is 0 Å².